The third-order valence-electron chi connectivity index (χ3n) is 2.42. The van der Waals surface area contributed by atoms with E-state index in [0.717, 1.165) is 12.0 Å². The molecule has 96 valence electrons. The first-order chi connectivity index (χ1) is 8.17. The first kappa shape index (κ1) is 15.1. The van der Waals surface area contributed by atoms with Crippen LogP contribution in [0.2, 0.25) is 10.0 Å². The second-order valence-corrected chi connectivity index (χ2v) is 4.97. The Morgan fingerprint density at radius 3 is 2.71 bits per heavy atom. The smallest absolute Gasteiger partial charge is 0.0616 e. The number of halogens is 3. The predicted molar refractivity (Wildman–Crippen MR) is 74.3 cm³/mol. The van der Waals surface area contributed by atoms with E-state index in [2.05, 4.69) is 5.32 Å². The van der Waals surface area contributed by atoms with E-state index < -0.39 is 0 Å². The van der Waals surface area contributed by atoms with Crippen molar-refractivity contribution in [2.75, 3.05) is 19.6 Å². The van der Waals surface area contributed by atoms with E-state index in [0.29, 0.717) is 29.1 Å². The van der Waals surface area contributed by atoms with Gasteiger partial charge < -0.3 is 10.1 Å². The molecule has 0 heterocycles. The van der Waals surface area contributed by atoms with Gasteiger partial charge >= 0.3 is 0 Å². The van der Waals surface area contributed by atoms with Crippen molar-refractivity contribution in [2.24, 2.45) is 0 Å². The third-order valence-corrected chi connectivity index (χ3v) is 3.23. The Labute approximate surface area is 117 Å². The normalized spacial score (nSPS) is 12.7. The van der Waals surface area contributed by atoms with Crippen LogP contribution in [0, 0.1) is 0 Å². The van der Waals surface area contributed by atoms with Crippen LogP contribution in [0.5, 0.6) is 0 Å². The molecule has 0 aliphatic heterocycles. The number of nitrogens with one attached hydrogen (secondary N) is 1. The highest BCUT2D eigenvalue weighted by Gasteiger charge is 2.08. The zero-order chi connectivity index (χ0) is 12.7. The second kappa shape index (κ2) is 8.17. The van der Waals surface area contributed by atoms with E-state index in [1.807, 2.05) is 12.1 Å². The molecule has 17 heavy (non-hydrogen) atoms. The number of rotatable bonds is 7. The van der Waals surface area contributed by atoms with E-state index in [1.165, 1.54) is 0 Å². The monoisotopic (exact) mass is 295 g/mol. The maximum atomic E-state index is 6.09. The van der Waals surface area contributed by atoms with E-state index in [4.69, 9.17) is 39.5 Å². The van der Waals surface area contributed by atoms with Gasteiger partial charge in [0.15, 0.2) is 0 Å². The molecular formula is C12H16Cl3NO. The lowest BCUT2D eigenvalue weighted by molar-refractivity contribution is 0.164. The molecule has 0 amide bonds. The van der Waals surface area contributed by atoms with Crippen molar-refractivity contribution in [2.45, 2.75) is 19.0 Å². The van der Waals surface area contributed by atoms with Crippen molar-refractivity contribution in [3.63, 3.8) is 0 Å². The standard InChI is InChI=1S/C12H16Cl3NO/c1-17-8-11(4-5-13)16-7-9-2-3-10(14)6-12(9)15/h2-3,6,11,16H,4-5,7-8H2,1H3. The minimum Gasteiger partial charge on any atom is -0.383 e. The molecular weight excluding hydrogens is 280 g/mol. The van der Waals surface area contributed by atoms with Crippen molar-refractivity contribution in [1.82, 2.24) is 5.32 Å². The number of benzene rings is 1. The summed E-state index contributed by atoms with van der Waals surface area (Å²) in [5.74, 6) is 0.607. The molecule has 0 radical (unpaired) electrons. The lowest BCUT2D eigenvalue weighted by Crippen LogP contribution is -2.33. The Morgan fingerprint density at radius 2 is 2.12 bits per heavy atom. The summed E-state index contributed by atoms with van der Waals surface area (Å²) in [5.41, 5.74) is 1.02. The van der Waals surface area contributed by atoms with Crippen molar-refractivity contribution in [3.05, 3.63) is 33.8 Å². The van der Waals surface area contributed by atoms with E-state index >= 15 is 0 Å². The molecule has 0 spiro atoms. The fourth-order valence-electron chi connectivity index (χ4n) is 1.50. The molecule has 1 atom stereocenters. The first-order valence-corrected chi connectivity index (χ1v) is 6.68. The summed E-state index contributed by atoms with van der Waals surface area (Å²) in [5, 5.41) is 4.68. The van der Waals surface area contributed by atoms with Crippen LogP contribution in [0.3, 0.4) is 0 Å². The molecule has 1 aromatic rings. The van der Waals surface area contributed by atoms with Gasteiger partial charge in [0.2, 0.25) is 0 Å². The molecule has 0 aliphatic carbocycles. The minimum atomic E-state index is 0.240. The number of ether oxygens (including phenoxy) is 1. The van der Waals surface area contributed by atoms with Gasteiger partial charge in [-0.3, -0.25) is 0 Å². The number of hydrogen-bond donors (Lipinski definition) is 1. The first-order valence-electron chi connectivity index (χ1n) is 5.39. The summed E-state index contributed by atoms with van der Waals surface area (Å²) >= 11 is 17.6. The van der Waals surface area contributed by atoms with Crippen LogP contribution in [-0.2, 0) is 11.3 Å². The van der Waals surface area contributed by atoms with Crippen LogP contribution < -0.4 is 5.32 Å². The molecule has 2 nitrogen and oxygen atoms in total. The maximum absolute atomic E-state index is 6.09. The van der Waals surface area contributed by atoms with Gasteiger partial charge in [-0.15, -0.1) is 11.6 Å². The summed E-state index contributed by atoms with van der Waals surface area (Å²) in [7, 11) is 1.68. The average Bonchev–Trinajstić information content (AvgIpc) is 2.28. The Morgan fingerprint density at radius 1 is 1.35 bits per heavy atom. The maximum Gasteiger partial charge on any atom is 0.0616 e. The third kappa shape index (κ3) is 5.45. The molecule has 1 unspecified atom stereocenters. The zero-order valence-corrected chi connectivity index (χ0v) is 11.9. The molecule has 1 N–H and O–H groups in total. The van der Waals surface area contributed by atoms with E-state index in [-0.39, 0.29) is 6.04 Å². The highest BCUT2D eigenvalue weighted by atomic mass is 35.5. The van der Waals surface area contributed by atoms with Gasteiger partial charge in [0, 0.05) is 35.6 Å². The quantitative estimate of drug-likeness (QED) is 0.774. The van der Waals surface area contributed by atoms with E-state index in [1.54, 1.807) is 13.2 Å². The Hall–Kier alpha value is 0.01000. The van der Waals surface area contributed by atoms with Crippen LogP contribution in [0.4, 0.5) is 0 Å². The highest BCUT2D eigenvalue weighted by molar-refractivity contribution is 6.35. The predicted octanol–water partition coefficient (Wildman–Crippen LogP) is 3.73. The second-order valence-electron chi connectivity index (χ2n) is 3.75. The molecule has 0 fully saturated rings. The van der Waals surface area contributed by atoms with Crippen LogP contribution in [0.25, 0.3) is 0 Å². The van der Waals surface area contributed by atoms with Crippen molar-refractivity contribution in [1.29, 1.82) is 0 Å². The Balaban J connectivity index is 2.52. The molecule has 0 aromatic heterocycles. The summed E-state index contributed by atoms with van der Waals surface area (Å²) in [6.07, 6.45) is 0.862. The van der Waals surface area contributed by atoms with Gasteiger partial charge in [0.25, 0.3) is 0 Å². The zero-order valence-electron chi connectivity index (χ0n) is 9.68. The molecule has 0 aliphatic rings. The summed E-state index contributed by atoms with van der Waals surface area (Å²) in [4.78, 5) is 0. The fourth-order valence-corrected chi connectivity index (χ4v) is 2.24. The molecule has 1 aromatic carbocycles. The summed E-state index contributed by atoms with van der Waals surface area (Å²) in [6, 6.07) is 5.73. The van der Waals surface area contributed by atoms with Crippen molar-refractivity contribution >= 4 is 34.8 Å². The number of methoxy groups -OCH3 is 1. The fraction of sp³-hybridized carbons (Fsp3) is 0.500. The topological polar surface area (TPSA) is 21.3 Å². The van der Waals surface area contributed by atoms with Crippen LogP contribution in [0.1, 0.15) is 12.0 Å². The van der Waals surface area contributed by atoms with Crippen molar-refractivity contribution in [3.8, 4) is 0 Å². The molecule has 0 saturated heterocycles. The Kier molecular flexibility index (Phi) is 7.24. The van der Waals surface area contributed by atoms with Gasteiger partial charge in [-0.2, -0.15) is 0 Å². The van der Waals surface area contributed by atoms with Gasteiger partial charge in [-0.25, -0.2) is 0 Å². The molecule has 5 heteroatoms. The Bertz CT molecular complexity index is 341. The van der Waals surface area contributed by atoms with Crippen LogP contribution in [-0.4, -0.2) is 25.6 Å². The number of alkyl halides is 1. The summed E-state index contributed by atoms with van der Waals surface area (Å²) in [6.45, 7) is 1.32. The van der Waals surface area contributed by atoms with Gasteiger partial charge in [-0.05, 0) is 24.1 Å². The molecule has 0 saturated carbocycles. The molecule has 1 rings (SSSR count). The van der Waals surface area contributed by atoms with E-state index in [9.17, 15) is 0 Å². The average molecular weight is 297 g/mol. The lowest BCUT2D eigenvalue weighted by Gasteiger charge is -2.17. The van der Waals surface area contributed by atoms with Crippen molar-refractivity contribution < 1.29 is 4.74 Å². The van der Waals surface area contributed by atoms with Gasteiger partial charge in [-0.1, -0.05) is 29.3 Å². The van der Waals surface area contributed by atoms with Crippen LogP contribution >= 0.6 is 34.8 Å². The SMILES string of the molecule is COCC(CCCl)NCc1ccc(Cl)cc1Cl. The largest absolute Gasteiger partial charge is 0.383 e. The van der Waals surface area contributed by atoms with Gasteiger partial charge in [0.1, 0.15) is 0 Å². The van der Waals surface area contributed by atoms with Crippen LogP contribution in [0.15, 0.2) is 18.2 Å². The lowest BCUT2D eigenvalue weighted by atomic mass is 10.2. The molecule has 0 bridgehead atoms. The highest BCUT2D eigenvalue weighted by Crippen LogP contribution is 2.20. The number of hydrogen-bond acceptors (Lipinski definition) is 2. The van der Waals surface area contributed by atoms with Gasteiger partial charge in [0.05, 0.1) is 6.61 Å². The summed E-state index contributed by atoms with van der Waals surface area (Å²) < 4.78 is 5.12. The minimum absolute atomic E-state index is 0.240.